The zero-order chi connectivity index (χ0) is 22.6. The number of aliphatic imine (C=N–C) groups is 1. The molecule has 0 saturated carbocycles. The lowest BCUT2D eigenvalue weighted by molar-refractivity contribution is -0.127. The van der Waals surface area contributed by atoms with E-state index in [0.29, 0.717) is 25.5 Å². The highest BCUT2D eigenvalue weighted by Crippen LogP contribution is 2.17. The second kappa shape index (κ2) is 14.7. The molecule has 180 valence electrons. The lowest BCUT2D eigenvalue weighted by Gasteiger charge is -2.18. The Morgan fingerprint density at radius 1 is 1.09 bits per heavy atom. The Kier molecular flexibility index (Phi) is 12.0. The van der Waals surface area contributed by atoms with Crippen molar-refractivity contribution < 1.29 is 9.53 Å². The van der Waals surface area contributed by atoms with Gasteiger partial charge >= 0.3 is 0 Å². The van der Waals surface area contributed by atoms with Crippen LogP contribution in [0.5, 0.6) is 0 Å². The minimum Gasteiger partial charge on any atom is -0.383 e. The first-order chi connectivity index (χ1) is 15.7. The minimum atomic E-state index is 0. The van der Waals surface area contributed by atoms with Crippen molar-refractivity contribution in [1.29, 1.82) is 0 Å². The van der Waals surface area contributed by atoms with Crippen molar-refractivity contribution in [2.75, 3.05) is 52.3 Å². The predicted molar refractivity (Wildman–Crippen MR) is 145 cm³/mol. The van der Waals surface area contributed by atoms with E-state index in [1.54, 1.807) is 14.2 Å². The Balaban J connectivity index is 0.00000385. The van der Waals surface area contributed by atoms with Gasteiger partial charge in [-0.2, -0.15) is 0 Å². The van der Waals surface area contributed by atoms with E-state index in [1.165, 1.54) is 11.1 Å². The Bertz CT molecular complexity index is 861. The van der Waals surface area contributed by atoms with Crippen LogP contribution in [0.15, 0.2) is 59.6 Å². The molecule has 1 aliphatic rings. The van der Waals surface area contributed by atoms with Crippen LogP contribution < -0.4 is 16.0 Å². The van der Waals surface area contributed by atoms with Gasteiger partial charge in [-0.1, -0.05) is 42.5 Å². The molecule has 33 heavy (non-hydrogen) atoms. The number of likely N-dealkylation sites (tertiary alicyclic amines) is 1. The zero-order valence-corrected chi connectivity index (χ0v) is 21.9. The number of guanidine groups is 1. The molecule has 1 atom stereocenters. The van der Waals surface area contributed by atoms with Crippen LogP contribution in [-0.2, 0) is 22.5 Å². The molecule has 0 radical (unpaired) electrons. The lowest BCUT2D eigenvalue weighted by atomic mass is 10.1. The second-order valence-corrected chi connectivity index (χ2v) is 8.07. The van der Waals surface area contributed by atoms with E-state index in [-0.39, 0.29) is 29.9 Å². The molecule has 2 aromatic rings. The summed E-state index contributed by atoms with van der Waals surface area (Å²) in [5.74, 6) is 1.30. The number of hydrogen-bond donors (Lipinski definition) is 3. The summed E-state index contributed by atoms with van der Waals surface area (Å²) in [6, 6.07) is 18.6. The van der Waals surface area contributed by atoms with E-state index in [4.69, 9.17) is 4.74 Å². The van der Waals surface area contributed by atoms with E-state index in [0.717, 1.165) is 44.2 Å². The number of carbonyl (C=O) groups is 1. The van der Waals surface area contributed by atoms with Gasteiger partial charge in [0.25, 0.3) is 0 Å². The molecule has 1 unspecified atom stereocenters. The van der Waals surface area contributed by atoms with Gasteiger partial charge < -0.3 is 25.6 Å². The van der Waals surface area contributed by atoms with Crippen molar-refractivity contribution in [3.63, 3.8) is 0 Å². The van der Waals surface area contributed by atoms with Crippen LogP contribution in [0.4, 0.5) is 5.69 Å². The lowest BCUT2D eigenvalue weighted by Crippen LogP contribution is -2.40. The summed E-state index contributed by atoms with van der Waals surface area (Å²) < 4.78 is 5.05. The number of anilines is 1. The molecule has 0 bridgehead atoms. The molecule has 0 aromatic heterocycles. The standard InChI is InChI=1S/C25H35N5O2.HI/c1-26-25(28-17-21-8-10-23(11-9-21)27-13-15-32-2)29-18-22-16-24(31)30(19-22)14-12-20-6-4-3-5-7-20;/h3-11,22,27H,12-19H2,1-2H3,(H2,26,28,29);1H. The predicted octanol–water partition coefficient (Wildman–Crippen LogP) is 3.12. The Labute approximate surface area is 214 Å². The maximum atomic E-state index is 12.4. The van der Waals surface area contributed by atoms with Crippen molar-refractivity contribution in [3.05, 3.63) is 65.7 Å². The van der Waals surface area contributed by atoms with Crippen molar-refractivity contribution in [1.82, 2.24) is 15.5 Å². The summed E-state index contributed by atoms with van der Waals surface area (Å²) in [5.41, 5.74) is 3.52. The molecule has 0 spiro atoms. The van der Waals surface area contributed by atoms with Gasteiger partial charge in [0.1, 0.15) is 0 Å². The highest BCUT2D eigenvalue weighted by atomic mass is 127. The molecule has 1 fully saturated rings. The fourth-order valence-corrected chi connectivity index (χ4v) is 3.80. The summed E-state index contributed by atoms with van der Waals surface area (Å²) >= 11 is 0. The number of hydrogen-bond acceptors (Lipinski definition) is 4. The molecular formula is C25H36IN5O2. The second-order valence-electron chi connectivity index (χ2n) is 8.07. The summed E-state index contributed by atoms with van der Waals surface area (Å²) in [6.45, 7) is 4.47. The van der Waals surface area contributed by atoms with Gasteiger partial charge in [0.15, 0.2) is 5.96 Å². The maximum absolute atomic E-state index is 12.4. The molecular weight excluding hydrogens is 529 g/mol. The summed E-state index contributed by atoms with van der Waals surface area (Å²) in [7, 11) is 3.47. The average Bonchev–Trinajstić information content (AvgIpc) is 3.19. The van der Waals surface area contributed by atoms with Crippen LogP contribution in [0.1, 0.15) is 17.5 Å². The van der Waals surface area contributed by atoms with E-state index < -0.39 is 0 Å². The van der Waals surface area contributed by atoms with Crippen molar-refractivity contribution >= 4 is 41.5 Å². The fraction of sp³-hybridized carbons (Fsp3) is 0.440. The zero-order valence-electron chi connectivity index (χ0n) is 19.5. The highest BCUT2D eigenvalue weighted by Gasteiger charge is 2.29. The first kappa shape index (κ1) is 26.9. The van der Waals surface area contributed by atoms with Gasteiger partial charge in [-0.25, -0.2) is 0 Å². The molecule has 7 nitrogen and oxygen atoms in total. The SMILES string of the molecule is CN=C(NCc1ccc(NCCOC)cc1)NCC1CC(=O)N(CCc2ccccc2)C1.I. The Hall–Kier alpha value is -2.33. The van der Waals surface area contributed by atoms with Gasteiger partial charge in [-0.3, -0.25) is 9.79 Å². The van der Waals surface area contributed by atoms with E-state index in [2.05, 4.69) is 57.3 Å². The van der Waals surface area contributed by atoms with Gasteiger partial charge in [0.05, 0.1) is 6.61 Å². The van der Waals surface area contributed by atoms with Crippen LogP contribution >= 0.6 is 24.0 Å². The third-order valence-electron chi connectivity index (χ3n) is 5.64. The van der Waals surface area contributed by atoms with Crippen molar-refractivity contribution in [3.8, 4) is 0 Å². The molecule has 1 heterocycles. The monoisotopic (exact) mass is 565 g/mol. The first-order valence-electron chi connectivity index (χ1n) is 11.3. The Morgan fingerprint density at radius 3 is 2.55 bits per heavy atom. The van der Waals surface area contributed by atoms with Crippen LogP contribution in [-0.4, -0.2) is 63.7 Å². The molecule has 3 N–H and O–H groups in total. The van der Waals surface area contributed by atoms with Gasteiger partial charge in [0, 0.05) is 64.9 Å². The smallest absolute Gasteiger partial charge is 0.223 e. The van der Waals surface area contributed by atoms with Crippen LogP contribution in [0.2, 0.25) is 0 Å². The normalized spacial score (nSPS) is 15.8. The number of nitrogens with zero attached hydrogens (tertiary/aromatic N) is 2. The molecule has 0 aliphatic carbocycles. The highest BCUT2D eigenvalue weighted by molar-refractivity contribution is 14.0. The number of carbonyl (C=O) groups excluding carboxylic acids is 1. The fourth-order valence-electron chi connectivity index (χ4n) is 3.80. The topological polar surface area (TPSA) is 78.0 Å². The molecule has 3 rings (SSSR count). The van der Waals surface area contributed by atoms with Gasteiger partial charge in [-0.15, -0.1) is 24.0 Å². The summed E-state index contributed by atoms with van der Waals surface area (Å²) in [6.07, 6.45) is 1.49. The Morgan fingerprint density at radius 2 is 1.85 bits per heavy atom. The van der Waals surface area contributed by atoms with Crippen LogP contribution in [0.3, 0.4) is 0 Å². The van der Waals surface area contributed by atoms with E-state index >= 15 is 0 Å². The third-order valence-corrected chi connectivity index (χ3v) is 5.64. The molecule has 1 saturated heterocycles. The molecule has 2 aromatic carbocycles. The molecule has 8 heteroatoms. The molecule has 1 aliphatic heterocycles. The van der Waals surface area contributed by atoms with E-state index in [9.17, 15) is 4.79 Å². The van der Waals surface area contributed by atoms with Crippen LogP contribution in [0, 0.1) is 5.92 Å². The average molecular weight is 566 g/mol. The third kappa shape index (κ3) is 9.21. The number of methoxy groups -OCH3 is 1. The maximum Gasteiger partial charge on any atom is 0.223 e. The van der Waals surface area contributed by atoms with Gasteiger partial charge in [-0.05, 0) is 29.7 Å². The quantitative estimate of drug-likeness (QED) is 0.169. The number of benzene rings is 2. The van der Waals surface area contributed by atoms with Crippen LogP contribution in [0.25, 0.3) is 0 Å². The summed E-state index contributed by atoms with van der Waals surface area (Å²) in [4.78, 5) is 18.7. The van der Waals surface area contributed by atoms with Crippen molar-refractivity contribution in [2.24, 2.45) is 10.9 Å². The molecule has 1 amide bonds. The summed E-state index contributed by atoms with van der Waals surface area (Å²) in [5, 5.41) is 10.0. The number of halogens is 1. The number of ether oxygens (including phenoxy) is 1. The number of amides is 1. The largest absolute Gasteiger partial charge is 0.383 e. The first-order valence-corrected chi connectivity index (χ1v) is 11.3. The van der Waals surface area contributed by atoms with E-state index in [1.807, 2.05) is 23.1 Å². The number of nitrogens with one attached hydrogen (secondary N) is 3. The minimum absolute atomic E-state index is 0. The van der Waals surface area contributed by atoms with Crippen molar-refractivity contribution in [2.45, 2.75) is 19.4 Å². The van der Waals surface area contributed by atoms with Gasteiger partial charge in [0.2, 0.25) is 5.91 Å². The number of rotatable bonds is 11.